The lowest BCUT2D eigenvalue weighted by Crippen LogP contribution is -2.41. The van der Waals surface area contributed by atoms with Gasteiger partial charge in [0.15, 0.2) is 0 Å². The first-order valence-electron chi connectivity index (χ1n) is 8.22. The molecule has 1 fully saturated rings. The van der Waals surface area contributed by atoms with Crippen LogP contribution in [-0.4, -0.2) is 29.9 Å². The average molecular weight is 348 g/mol. The highest BCUT2D eigenvalue weighted by Crippen LogP contribution is 2.29. The van der Waals surface area contributed by atoms with Crippen LogP contribution in [0, 0.1) is 0 Å². The van der Waals surface area contributed by atoms with Crippen molar-refractivity contribution in [3.05, 3.63) is 29.3 Å². The molecule has 0 aliphatic carbocycles. The van der Waals surface area contributed by atoms with Gasteiger partial charge in [-0.05, 0) is 51.5 Å². The van der Waals surface area contributed by atoms with Crippen LogP contribution in [-0.2, 0) is 19.1 Å². The van der Waals surface area contributed by atoms with E-state index in [1.807, 2.05) is 27.7 Å². The van der Waals surface area contributed by atoms with Gasteiger partial charge in [-0.2, -0.15) is 0 Å². The molecular weight excluding hydrogens is 324 g/mol. The minimum absolute atomic E-state index is 0.0276. The molecule has 0 unspecified atom stereocenters. The van der Waals surface area contributed by atoms with Gasteiger partial charge < -0.3 is 18.9 Å². The molecule has 0 bridgehead atoms. The standard InChI is InChI=1S/C19H24O6/c1-11(2)22-14-7-13(8-15(10-14)23-12(3)4)9-16-17(20)24-19(5,6)25-18(16)21/h7-12H,1-6H3. The summed E-state index contributed by atoms with van der Waals surface area (Å²) in [6.07, 6.45) is 1.36. The molecule has 25 heavy (non-hydrogen) atoms. The lowest BCUT2D eigenvalue weighted by atomic mass is 10.1. The van der Waals surface area contributed by atoms with E-state index >= 15 is 0 Å². The molecule has 1 aromatic carbocycles. The fourth-order valence-electron chi connectivity index (χ4n) is 2.30. The van der Waals surface area contributed by atoms with Gasteiger partial charge in [0.2, 0.25) is 0 Å². The molecule has 0 N–H and O–H groups in total. The number of rotatable bonds is 5. The summed E-state index contributed by atoms with van der Waals surface area (Å²) < 4.78 is 21.6. The second kappa shape index (κ2) is 7.17. The van der Waals surface area contributed by atoms with Crippen molar-refractivity contribution in [3.8, 4) is 11.5 Å². The zero-order chi connectivity index (χ0) is 18.8. The number of cyclic esters (lactones) is 2. The lowest BCUT2D eigenvalue weighted by Gasteiger charge is -2.29. The van der Waals surface area contributed by atoms with Gasteiger partial charge in [0.25, 0.3) is 5.79 Å². The SMILES string of the molecule is CC(C)Oc1cc(C=C2C(=O)OC(C)(C)OC2=O)cc(OC(C)C)c1. The van der Waals surface area contributed by atoms with Crippen molar-refractivity contribution in [2.45, 2.75) is 59.5 Å². The van der Waals surface area contributed by atoms with Gasteiger partial charge in [0.05, 0.1) is 12.2 Å². The molecule has 0 amide bonds. The summed E-state index contributed by atoms with van der Waals surface area (Å²) in [5.74, 6) is -1.54. The Bertz CT molecular complexity index is 650. The van der Waals surface area contributed by atoms with Gasteiger partial charge in [-0.15, -0.1) is 0 Å². The van der Waals surface area contributed by atoms with E-state index in [1.165, 1.54) is 19.9 Å². The van der Waals surface area contributed by atoms with Crippen molar-refractivity contribution in [2.75, 3.05) is 0 Å². The minimum atomic E-state index is -1.26. The molecule has 136 valence electrons. The predicted octanol–water partition coefficient (Wildman–Crippen LogP) is 3.48. The molecule has 6 heteroatoms. The maximum atomic E-state index is 12.1. The first kappa shape index (κ1) is 18.8. The molecule has 1 saturated heterocycles. The summed E-state index contributed by atoms with van der Waals surface area (Å²) in [7, 11) is 0. The Morgan fingerprint density at radius 2 is 1.32 bits per heavy atom. The molecule has 1 heterocycles. The number of carbonyl (C=O) groups excluding carboxylic acids is 2. The summed E-state index contributed by atoms with van der Waals surface area (Å²) in [5.41, 5.74) is 0.411. The zero-order valence-corrected chi connectivity index (χ0v) is 15.4. The topological polar surface area (TPSA) is 71.1 Å². The first-order valence-corrected chi connectivity index (χ1v) is 8.22. The summed E-state index contributed by atoms with van der Waals surface area (Å²) in [4.78, 5) is 24.2. The van der Waals surface area contributed by atoms with E-state index in [9.17, 15) is 9.59 Å². The van der Waals surface area contributed by atoms with Crippen molar-refractivity contribution in [2.24, 2.45) is 0 Å². The van der Waals surface area contributed by atoms with Crippen LogP contribution in [0.4, 0.5) is 0 Å². The molecule has 0 aromatic heterocycles. The van der Waals surface area contributed by atoms with Crippen molar-refractivity contribution in [1.29, 1.82) is 0 Å². The normalized spacial score (nSPS) is 16.6. The van der Waals surface area contributed by atoms with E-state index in [1.54, 1.807) is 18.2 Å². The van der Waals surface area contributed by atoms with Gasteiger partial charge in [0, 0.05) is 19.9 Å². The van der Waals surface area contributed by atoms with E-state index in [0.29, 0.717) is 17.1 Å². The lowest BCUT2D eigenvalue weighted by molar-refractivity contribution is -0.222. The Morgan fingerprint density at radius 1 is 0.880 bits per heavy atom. The Labute approximate surface area is 147 Å². The van der Waals surface area contributed by atoms with E-state index in [2.05, 4.69) is 0 Å². The van der Waals surface area contributed by atoms with Gasteiger partial charge >= 0.3 is 11.9 Å². The molecule has 0 spiro atoms. The van der Waals surface area contributed by atoms with Crippen LogP contribution in [0.1, 0.15) is 47.1 Å². The summed E-state index contributed by atoms with van der Waals surface area (Å²) in [6.45, 7) is 10.6. The van der Waals surface area contributed by atoms with Crippen LogP contribution in [0.3, 0.4) is 0 Å². The molecular formula is C19H24O6. The number of hydrogen-bond donors (Lipinski definition) is 0. The number of hydrogen-bond acceptors (Lipinski definition) is 6. The van der Waals surface area contributed by atoms with Gasteiger partial charge in [0.1, 0.15) is 17.1 Å². The second-order valence-electron chi connectivity index (χ2n) is 6.81. The number of carbonyl (C=O) groups is 2. The Balaban J connectivity index is 2.39. The largest absolute Gasteiger partial charge is 0.491 e. The third kappa shape index (κ3) is 5.24. The fourth-order valence-corrected chi connectivity index (χ4v) is 2.30. The van der Waals surface area contributed by atoms with Crippen LogP contribution < -0.4 is 9.47 Å². The predicted molar refractivity (Wildman–Crippen MR) is 92.2 cm³/mol. The number of ether oxygens (including phenoxy) is 4. The van der Waals surface area contributed by atoms with Crippen LogP contribution in [0.25, 0.3) is 6.08 Å². The molecule has 6 nitrogen and oxygen atoms in total. The van der Waals surface area contributed by atoms with Gasteiger partial charge in [-0.3, -0.25) is 0 Å². The van der Waals surface area contributed by atoms with Crippen molar-refractivity contribution < 1.29 is 28.5 Å². The molecule has 0 atom stereocenters. The number of esters is 2. The van der Waals surface area contributed by atoms with Crippen LogP contribution >= 0.6 is 0 Å². The van der Waals surface area contributed by atoms with E-state index in [4.69, 9.17) is 18.9 Å². The summed E-state index contributed by atoms with van der Waals surface area (Å²) in [6, 6.07) is 5.21. The smallest absolute Gasteiger partial charge is 0.348 e. The van der Waals surface area contributed by atoms with E-state index in [0.717, 1.165) is 0 Å². The highest BCUT2D eigenvalue weighted by atomic mass is 16.7. The quantitative estimate of drug-likeness (QED) is 0.461. The molecule has 2 rings (SSSR count). The maximum Gasteiger partial charge on any atom is 0.348 e. The average Bonchev–Trinajstić information content (AvgIpc) is 2.40. The zero-order valence-electron chi connectivity index (χ0n) is 15.4. The van der Waals surface area contributed by atoms with E-state index < -0.39 is 17.7 Å². The van der Waals surface area contributed by atoms with Crippen LogP contribution in [0.5, 0.6) is 11.5 Å². The molecule has 1 aliphatic heterocycles. The Hall–Kier alpha value is -2.50. The Morgan fingerprint density at radius 3 is 1.72 bits per heavy atom. The minimum Gasteiger partial charge on any atom is -0.491 e. The maximum absolute atomic E-state index is 12.1. The molecule has 1 aromatic rings. The monoisotopic (exact) mass is 348 g/mol. The van der Waals surface area contributed by atoms with Gasteiger partial charge in [-0.25, -0.2) is 9.59 Å². The molecule has 0 saturated carbocycles. The first-order chi connectivity index (χ1) is 11.6. The van der Waals surface area contributed by atoms with Crippen molar-refractivity contribution in [3.63, 3.8) is 0 Å². The fraction of sp³-hybridized carbons (Fsp3) is 0.474. The van der Waals surface area contributed by atoms with Crippen molar-refractivity contribution >= 4 is 18.0 Å². The second-order valence-corrected chi connectivity index (χ2v) is 6.81. The Kier molecular flexibility index (Phi) is 5.40. The van der Waals surface area contributed by atoms with Gasteiger partial charge in [-0.1, -0.05) is 0 Å². The molecule has 0 radical (unpaired) electrons. The third-order valence-corrected chi connectivity index (χ3v) is 3.07. The third-order valence-electron chi connectivity index (χ3n) is 3.07. The molecule has 1 aliphatic rings. The van der Waals surface area contributed by atoms with Crippen LogP contribution in [0.2, 0.25) is 0 Å². The summed E-state index contributed by atoms with van der Waals surface area (Å²) >= 11 is 0. The van der Waals surface area contributed by atoms with Crippen molar-refractivity contribution in [1.82, 2.24) is 0 Å². The van der Waals surface area contributed by atoms with E-state index in [-0.39, 0.29) is 17.8 Å². The van der Waals surface area contributed by atoms with Crippen LogP contribution in [0.15, 0.2) is 23.8 Å². The highest BCUT2D eigenvalue weighted by molar-refractivity contribution is 6.18. The number of benzene rings is 1. The summed E-state index contributed by atoms with van der Waals surface area (Å²) in [5, 5.41) is 0. The highest BCUT2D eigenvalue weighted by Gasteiger charge is 2.38.